The van der Waals surface area contributed by atoms with Crippen molar-refractivity contribution in [1.82, 2.24) is 4.98 Å². The van der Waals surface area contributed by atoms with Crippen LogP contribution in [-0.2, 0) is 0 Å². The largest absolute Gasteiger partial charge is 0.389 e. The van der Waals surface area contributed by atoms with Crippen molar-refractivity contribution in [2.75, 3.05) is 10.6 Å². The first-order chi connectivity index (χ1) is 9.15. The molecule has 1 aromatic carbocycles. The number of hydrogen-bond acceptors (Lipinski definition) is 3. The van der Waals surface area contributed by atoms with Gasteiger partial charge >= 0.3 is 6.03 Å². The molecule has 5 nitrogen and oxygen atoms in total. The zero-order valence-electron chi connectivity index (χ0n) is 10.5. The summed E-state index contributed by atoms with van der Waals surface area (Å²) in [7, 11) is 0. The average molecular weight is 257 g/mol. The van der Waals surface area contributed by atoms with Crippen LogP contribution in [0.5, 0.6) is 0 Å². The van der Waals surface area contributed by atoms with E-state index in [4.69, 9.17) is 0 Å². The van der Waals surface area contributed by atoms with Crippen LogP contribution in [0.3, 0.4) is 0 Å². The van der Waals surface area contributed by atoms with E-state index in [9.17, 15) is 9.90 Å². The number of aliphatic hydroxyl groups is 1. The van der Waals surface area contributed by atoms with Gasteiger partial charge in [-0.3, -0.25) is 4.98 Å². The molecule has 0 aliphatic carbocycles. The van der Waals surface area contributed by atoms with E-state index in [0.717, 1.165) is 5.56 Å². The number of anilines is 2. The topological polar surface area (TPSA) is 74.2 Å². The zero-order chi connectivity index (χ0) is 13.7. The fraction of sp³-hybridized carbons (Fsp3) is 0.143. The number of rotatable bonds is 3. The Kier molecular flexibility index (Phi) is 4.10. The van der Waals surface area contributed by atoms with E-state index in [1.807, 2.05) is 0 Å². The number of aliphatic hydroxyl groups excluding tert-OH is 1. The fourth-order valence-corrected chi connectivity index (χ4v) is 1.57. The van der Waals surface area contributed by atoms with Gasteiger partial charge in [0.1, 0.15) is 0 Å². The van der Waals surface area contributed by atoms with Crippen molar-refractivity contribution in [2.45, 2.75) is 13.0 Å². The number of amides is 2. The fourth-order valence-electron chi connectivity index (χ4n) is 1.57. The lowest BCUT2D eigenvalue weighted by atomic mass is 10.1. The molecule has 0 radical (unpaired) electrons. The van der Waals surface area contributed by atoms with Gasteiger partial charge in [0.2, 0.25) is 0 Å². The Morgan fingerprint density at radius 2 is 1.58 bits per heavy atom. The molecule has 0 bridgehead atoms. The van der Waals surface area contributed by atoms with Crippen molar-refractivity contribution in [3.63, 3.8) is 0 Å². The lowest BCUT2D eigenvalue weighted by Crippen LogP contribution is -2.19. The van der Waals surface area contributed by atoms with Crippen LogP contribution < -0.4 is 10.6 Å². The van der Waals surface area contributed by atoms with Gasteiger partial charge in [0.25, 0.3) is 0 Å². The normalized spacial score (nSPS) is 11.7. The summed E-state index contributed by atoms with van der Waals surface area (Å²) < 4.78 is 0. The second-order valence-corrected chi connectivity index (χ2v) is 4.11. The molecule has 98 valence electrons. The van der Waals surface area contributed by atoms with Crippen molar-refractivity contribution < 1.29 is 9.90 Å². The van der Waals surface area contributed by atoms with Crippen LogP contribution in [0.4, 0.5) is 16.2 Å². The van der Waals surface area contributed by atoms with Gasteiger partial charge in [0.05, 0.1) is 6.10 Å². The second kappa shape index (κ2) is 5.97. The third kappa shape index (κ3) is 3.79. The molecule has 1 atom stereocenters. The highest BCUT2D eigenvalue weighted by Gasteiger charge is 2.04. The summed E-state index contributed by atoms with van der Waals surface area (Å²) in [6.45, 7) is 1.69. The van der Waals surface area contributed by atoms with Crippen LogP contribution in [0.2, 0.25) is 0 Å². The third-order valence-corrected chi connectivity index (χ3v) is 2.59. The van der Waals surface area contributed by atoms with Crippen LogP contribution in [-0.4, -0.2) is 16.1 Å². The molecule has 2 aromatic rings. The molecule has 1 heterocycles. The molecule has 0 spiro atoms. The highest BCUT2D eigenvalue weighted by Crippen LogP contribution is 2.15. The molecule has 0 aliphatic rings. The summed E-state index contributed by atoms with van der Waals surface area (Å²) in [5, 5.41) is 14.8. The maximum atomic E-state index is 11.7. The molecule has 0 aliphatic heterocycles. The molecule has 1 aromatic heterocycles. The number of nitrogens with one attached hydrogen (secondary N) is 2. The van der Waals surface area contributed by atoms with Gasteiger partial charge in [0, 0.05) is 23.8 Å². The van der Waals surface area contributed by atoms with E-state index in [1.54, 1.807) is 55.7 Å². The first kappa shape index (κ1) is 13.0. The minimum absolute atomic E-state index is 0.323. The summed E-state index contributed by atoms with van der Waals surface area (Å²) in [4.78, 5) is 15.6. The number of pyridine rings is 1. The number of carbonyl (C=O) groups excluding carboxylic acids is 1. The standard InChI is InChI=1S/C14H15N3O2/c1-10(18)11-2-4-12(5-3-11)16-14(19)17-13-6-8-15-9-7-13/h2-10,18H,1H3,(H2,15,16,17,19). The van der Waals surface area contributed by atoms with Crippen molar-refractivity contribution in [3.8, 4) is 0 Å². The molecule has 2 amide bonds. The predicted octanol–water partition coefficient (Wildman–Crippen LogP) is 2.78. The maximum absolute atomic E-state index is 11.7. The van der Waals surface area contributed by atoms with Crippen molar-refractivity contribution in [2.24, 2.45) is 0 Å². The lowest BCUT2D eigenvalue weighted by Gasteiger charge is -2.09. The number of urea groups is 1. The van der Waals surface area contributed by atoms with E-state index in [-0.39, 0.29) is 6.03 Å². The Hall–Kier alpha value is -2.40. The van der Waals surface area contributed by atoms with Gasteiger partial charge in [0.15, 0.2) is 0 Å². The SMILES string of the molecule is CC(O)c1ccc(NC(=O)Nc2ccncc2)cc1. The Morgan fingerprint density at radius 1 is 1.05 bits per heavy atom. The number of nitrogens with zero attached hydrogens (tertiary/aromatic N) is 1. The van der Waals surface area contributed by atoms with E-state index in [0.29, 0.717) is 11.4 Å². The average Bonchev–Trinajstić information content (AvgIpc) is 2.40. The Bertz CT molecular complexity index is 538. The number of hydrogen-bond donors (Lipinski definition) is 3. The lowest BCUT2D eigenvalue weighted by molar-refractivity contribution is 0.199. The Morgan fingerprint density at radius 3 is 2.11 bits per heavy atom. The van der Waals surface area contributed by atoms with E-state index in [2.05, 4.69) is 15.6 Å². The molecule has 2 rings (SSSR count). The van der Waals surface area contributed by atoms with Gasteiger partial charge < -0.3 is 15.7 Å². The summed E-state index contributed by atoms with van der Waals surface area (Å²) >= 11 is 0. The van der Waals surface area contributed by atoms with Crippen molar-refractivity contribution >= 4 is 17.4 Å². The van der Waals surface area contributed by atoms with Crippen molar-refractivity contribution in [3.05, 3.63) is 54.4 Å². The minimum Gasteiger partial charge on any atom is -0.389 e. The first-order valence-electron chi connectivity index (χ1n) is 5.91. The summed E-state index contributed by atoms with van der Waals surface area (Å²) in [5.41, 5.74) is 2.14. The van der Waals surface area contributed by atoms with Crippen LogP contribution in [0.15, 0.2) is 48.8 Å². The summed E-state index contributed by atoms with van der Waals surface area (Å²) in [5.74, 6) is 0. The van der Waals surface area contributed by atoms with Crippen LogP contribution in [0, 0.1) is 0 Å². The zero-order valence-corrected chi connectivity index (χ0v) is 10.5. The maximum Gasteiger partial charge on any atom is 0.323 e. The van der Waals surface area contributed by atoms with Gasteiger partial charge in [-0.2, -0.15) is 0 Å². The Balaban J connectivity index is 1.95. The molecule has 19 heavy (non-hydrogen) atoms. The molecule has 0 fully saturated rings. The summed E-state index contributed by atoms with van der Waals surface area (Å²) in [6, 6.07) is 10.1. The minimum atomic E-state index is -0.514. The quantitative estimate of drug-likeness (QED) is 0.791. The van der Waals surface area contributed by atoms with Gasteiger partial charge in [-0.05, 0) is 36.8 Å². The van der Waals surface area contributed by atoms with Crippen LogP contribution in [0.25, 0.3) is 0 Å². The number of aromatic nitrogens is 1. The summed E-state index contributed by atoms with van der Waals surface area (Å²) in [6.07, 6.45) is 2.69. The molecular formula is C14H15N3O2. The van der Waals surface area contributed by atoms with E-state index in [1.165, 1.54) is 0 Å². The predicted molar refractivity (Wildman–Crippen MR) is 74.0 cm³/mol. The van der Waals surface area contributed by atoms with Gasteiger partial charge in [-0.1, -0.05) is 12.1 Å². The molecule has 0 saturated carbocycles. The second-order valence-electron chi connectivity index (χ2n) is 4.11. The van der Waals surface area contributed by atoms with Gasteiger partial charge in [-0.25, -0.2) is 4.79 Å². The van der Waals surface area contributed by atoms with E-state index >= 15 is 0 Å². The van der Waals surface area contributed by atoms with Crippen LogP contribution >= 0.6 is 0 Å². The highest BCUT2D eigenvalue weighted by atomic mass is 16.3. The highest BCUT2D eigenvalue weighted by molar-refractivity contribution is 5.99. The van der Waals surface area contributed by atoms with Crippen LogP contribution in [0.1, 0.15) is 18.6 Å². The molecule has 3 N–H and O–H groups in total. The number of carbonyl (C=O) groups is 1. The Labute approximate surface area is 111 Å². The number of benzene rings is 1. The third-order valence-electron chi connectivity index (χ3n) is 2.59. The monoisotopic (exact) mass is 257 g/mol. The first-order valence-corrected chi connectivity index (χ1v) is 5.91. The molecule has 0 saturated heterocycles. The molecule has 1 unspecified atom stereocenters. The molecular weight excluding hydrogens is 242 g/mol. The van der Waals surface area contributed by atoms with Crippen molar-refractivity contribution in [1.29, 1.82) is 0 Å². The molecule has 5 heteroatoms. The smallest absolute Gasteiger partial charge is 0.323 e. The van der Waals surface area contributed by atoms with Gasteiger partial charge in [-0.15, -0.1) is 0 Å². The van der Waals surface area contributed by atoms with E-state index < -0.39 is 6.10 Å².